The molecule has 40 heavy (non-hydrogen) atoms. The van der Waals surface area contributed by atoms with E-state index < -0.39 is 22.9 Å². The van der Waals surface area contributed by atoms with Gasteiger partial charge in [-0.15, -0.1) is 11.3 Å². The number of likely N-dealkylation sites (tertiary alicyclic amines) is 1. The molecule has 1 aliphatic rings. The molecule has 0 saturated carbocycles. The fourth-order valence-electron chi connectivity index (χ4n) is 5.18. The second-order valence-corrected chi connectivity index (χ2v) is 11.7. The van der Waals surface area contributed by atoms with E-state index in [-0.39, 0.29) is 18.6 Å². The number of carbonyl (C=O) groups is 1. The highest BCUT2D eigenvalue weighted by Gasteiger charge is 2.40. The van der Waals surface area contributed by atoms with Crippen molar-refractivity contribution in [2.45, 2.75) is 65.3 Å². The number of rotatable bonds is 9. The van der Waals surface area contributed by atoms with Gasteiger partial charge in [0.2, 0.25) is 11.8 Å². The minimum atomic E-state index is -1.40. The number of carbonyl (C=O) groups excluding carboxylic acids is 1. The number of hydrogen-bond donors (Lipinski definition) is 0. The molecule has 0 radical (unpaired) electrons. The van der Waals surface area contributed by atoms with Crippen LogP contribution >= 0.6 is 11.3 Å². The first-order valence-corrected chi connectivity index (χ1v) is 14.1. The molecular weight excluding hydrogens is 532 g/mol. The van der Waals surface area contributed by atoms with Crippen LogP contribution < -0.4 is 16.0 Å². The summed E-state index contributed by atoms with van der Waals surface area (Å²) >= 11 is 1.26. The van der Waals surface area contributed by atoms with Crippen molar-refractivity contribution in [1.82, 2.24) is 19.0 Å². The summed E-state index contributed by atoms with van der Waals surface area (Å²) < 4.78 is 20.2. The van der Waals surface area contributed by atoms with E-state index in [1.54, 1.807) is 30.4 Å². The van der Waals surface area contributed by atoms with Crippen molar-refractivity contribution in [3.05, 3.63) is 68.7 Å². The zero-order chi connectivity index (χ0) is 28.8. The molecule has 1 fully saturated rings. The number of ether oxygens (including phenoxy) is 2. The van der Waals surface area contributed by atoms with E-state index in [0.29, 0.717) is 45.4 Å². The predicted molar refractivity (Wildman–Crippen MR) is 153 cm³/mol. The zero-order valence-electron chi connectivity index (χ0n) is 23.6. The van der Waals surface area contributed by atoms with Crippen LogP contribution in [0.15, 0.2) is 50.7 Å². The molecule has 1 atom stereocenters. The van der Waals surface area contributed by atoms with Gasteiger partial charge >= 0.3 is 5.69 Å². The Morgan fingerprint density at radius 1 is 1.20 bits per heavy atom. The average Bonchev–Trinajstić information content (AvgIpc) is 3.52. The first kappa shape index (κ1) is 27.9. The molecule has 0 spiro atoms. The number of thiophene rings is 1. The molecule has 5 rings (SSSR count). The van der Waals surface area contributed by atoms with Gasteiger partial charge in [-0.3, -0.25) is 14.2 Å². The van der Waals surface area contributed by atoms with Gasteiger partial charge in [0.05, 0.1) is 36.2 Å². The maximum atomic E-state index is 14.3. The third kappa shape index (κ3) is 4.66. The Morgan fingerprint density at radius 2 is 1.93 bits per heavy atom. The molecule has 11 heteroatoms. The van der Waals surface area contributed by atoms with Crippen LogP contribution in [-0.4, -0.2) is 51.2 Å². The van der Waals surface area contributed by atoms with Gasteiger partial charge < -0.3 is 18.8 Å². The summed E-state index contributed by atoms with van der Waals surface area (Å²) in [6.07, 6.45) is 3.16. The van der Waals surface area contributed by atoms with Crippen molar-refractivity contribution in [2.24, 2.45) is 0 Å². The van der Waals surface area contributed by atoms with Gasteiger partial charge in [-0.1, -0.05) is 18.2 Å². The van der Waals surface area contributed by atoms with Gasteiger partial charge in [0.25, 0.3) is 5.56 Å². The third-order valence-electron chi connectivity index (χ3n) is 7.34. The van der Waals surface area contributed by atoms with Crippen LogP contribution in [-0.2, 0) is 21.6 Å². The fourth-order valence-corrected chi connectivity index (χ4v) is 6.43. The van der Waals surface area contributed by atoms with Crippen molar-refractivity contribution in [1.29, 1.82) is 0 Å². The summed E-state index contributed by atoms with van der Waals surface area (Å²) in [7, 11) is 1.59. The van der Waals surface area contributed by atoms with Gasteiger partial charge in [0.15, 0.2) is 0 Å². The molecule has 1 saturated heterocycles. The highest BCUT2D eigenvalue weighted by molar-refractivity contribution is 7.22. The molecule has 10 nitrogen and oxygen atoms in total. The Balaban J connectivity index is 1.78. The Hall–Kier alpha value is -3.70. The summed E-state index contributed by atoms with van der Waals surface area (Å²) in [5, 5.41) is 0.352. The zero-order valence-corrected chi connectivity index (χ0v) is 24.4. The van der Waals surface area contributed by atoms with E-state index in [0.717, 1.165) is 16.6 Å². The second kappa shape index (κ2) is 10.7. The molecule has 0 N–H and O–H groups in total. The van der Waals surface area contributed by atoms with Crippen LogP contribution in [0.2, 0.25) is 0 Å². The van der Waals surface area contributed by atoms with Gasteiger partial charge in [0.1, 0.15) is 28.5 Å². The lowest BCUT2D eigenvalue weighted by molar-refractivity contribution is -0.143. The predicted octanol–water partition coefficient (Wildman–Crippen LogP) is 4.33. The summed E-state index contributed by atoms with van der Waals surface area (Å²) in [6.45, 7) is 10.2. The Kier molecular flexibility index (Phi) is 7.45. The number of benzene rings is 1. The number of hydrogen-bond acceptors (Lipinski definition) is 8. The highest BCUT2D eigenvalue weighted by atomic mass is 32.1. The quantitative estimate of drug-likeness (QED) is 0.297. The number of nitrogens with zero attached hydrogens (tertiary/aromatic N) is 4. The van der Waals surface area contributed by atoms with E-state index >= 15 is 0 Å². The average molecular weight is 567 g/mol. The molecule has 0 aliphatic carbocycles. The number of aromatic nitrogens is 3. The van der Waals surface area contributed by atoms with E-state index in [2.05, 4.69) is 4.98 Å². The van der Waals surface area contributed by atoms with Gasteiger partial charge in [0, 0.05) is 18.7 Å². The van der Waals surface area contributed by atoms with Gasteiger partial charge in [-0.2, -0.15) is 0 Å². The molecule has 1 amide bonds. The number of amides is 1. The van der Waals surface area contributed by atoms with Crippen LogP contribution in [0.5, 0.6) is 5.75 Å². The minimum absolute atomic E-state index is 0.0904. The summed E-state index contributed by atoms with van der Waals surface area (Å²) in [6, 6.07) is 7.50. The molecule has 0 unspecified atom stereocenters. The molecule has 0 bridgehead atoms. The van der Waals surface area contributed by atoms with E-state index in [1.165, 1.54) is 23.8 Å². The summed E-state index contributed by atoms with van der Waals surface area (Å²) in [5.41, 5.74) is -1.08. The SMILES string of the molecule is COc1ccccc1[C@@H](Cn1c(=O)n(C(C)(C)C(=O)N2CCC2)c(=O)c2c(C)c(-c3ncco3)sc21)OC(C)C. The largest absolute Gasteiger partial charge is 0.496 e. The standard InChI is InChI=1S/C29H34N4O6S/c1-17(2)39-21(19-10-7-8-11-20(19)37-6)16-32-26-22(18(3)23(40-26)24-30-12-15-38-24)25(34)33(28(32)36)29(4,5)27(35)31-13-9-14-31/h7-8,10-12,15,17,21H,9,13-14,16H2,1-6H3/t21-/m1/s1. The van der Waals surface area contributed by atoms with Crippen LogP contribution in [0.4, 0.5) is 0 Å². The monoisotopic (exact) mass is 566 g/mol. The molecule has 1 aromatic carbocycles. The first-order valence-electron chi connectivity index (χ1n) is 13.3. The maximum absolute atomic E-state index is 14.3. The van der Waals surface area contributed by atoms with Gasteiger partial charge in [-0.05, 0) is 52.7 Å². The van der Waals surface area contributed by atoms with E-state index in [9.17, 15) is 14.4 Å². The lowest BCUT2D eigenvalue weighted by atomic mass is 10.00. The van der Waals surface area contributed by atoms with Crippen LogP contribution in [0.1, 0.15) is 51.3 Å². The minimum Gasteiger partial charge on any atom is -0.496 e. The number of aryl methyl sites for hydroxylation is 1. The molecule has 4 aromatic rings. The number of fused-ring (bicyclic) bond motifs is 1. The summed E-state index contributed by atoms with van der Waals surface area (Å²) in [5.74, 6) is 0.727. The normalized spacial score (nSPS) is 14.5. The van der Waals surface area contributed by atoms with Crippen molar-refractivity contribution < 1.29 is 18.7 Å². The molecule has 3 aromatic heterocycles. The second-order valence-electron chi connectivity index (χ2n) is 10.7. The molecule has 4 heterocycles. The van der Waals surface area contributed by atoms with Crippen LogP contribution in [0.25, 0.3) is 21.0 Å². The van der Waals surface area contributed by atoms with E-state index in [4.69, 9.17) is 13.9 Å². The number of methoxy groups -OCH3 is 1. The molecule has 1 aliphatic heterocycles. The highest BCUT2D eigenvalue weighted by Crippen LogP contribution is 2.37. The lowest BCUT2D eigenvalue weighted by Crippen LogP contribution is -2.59. The first-order chi connectivity index (χ1) is 19.1. The smallest absolute Gasteiger partial charge is 0.333 e. The number of para-hydroxylation sites is 1. The molecule has 212 valence electrons. The van der Waals surface area contributed by atoms with E-state index in [1.807, 2.05) is 45.0 Å². The topological polar surface area (TPSA) is 109 Å². The maximum Gasteiger partial charge on any atom is 0.333 e. The molecular formula is C29H34N4O6S. The summed E-state index contributed by atoms with van der Waals surface area (Å²) in [4.78, 5) is 49.0. The van der Waals surface area contributed by atoms with Crippen LogP contribution in [0.3, 0.4) is 0 Å². The fraction of sp³-hybridized carbons (Fsp3) is 0.448. The van der Waals surface area contributed by atoms with Crippen molar-refractivity contribution >= 4 is 27.5 Å². The van der Waals surface area contributed by atoms with Crippen LogP contribution in [0, 0.1) is 6.92 Å². The van der Waals surface area contributed by atoms with Crippen molar-refractivity contribution in [3.8, 4) is 16.5 Å². The Labute approximate surface area is 235 Å². The van der Waals surface area contributed by atoms with Crippen molar-refractivity contribution in [3.63, 3.8) is 0 Å². The Morgan fingerprint density at radius 3 is 2.52 bits per heavy atom. The van der Waals surface area contributed by atoms with Gasteiger partial charge in [-0.25, -0.2) is 14.3 Å². The Bertz CT molecular complexity index is 1660. The third-order valence-corrected chi connectivity index (χ3v) is 8.64. The number of oxazole rings is 1. The van der Waals surface area contributed by atoms with Crippen molar-refractivity contribution in [2.75, 3.05) is 20.2 Å². The lowest BCUT2D eigenvalue weighted by Gasteiger charge is -2.38.